The normalized spacial score (nSPS) is 11.3. The molecule has 3 aromatic heterocycles. The van der Waals surface area contributed by atoms with Gasteiger partial charge in [0.15, 0.2) is 10.9 Å². The van der Waals surface area contributed by atoms with E-state index in [2.05, 4.69) is 25.9 Å². The molecule has 0 saturated carbocycles. The SMILES string of the molecule is CCc1nnc2sc(-c3ccc(C)c(NC(=S)NC(=O)/C=C/c4ccco4)c3)nn12. The zero-order valence-corrected chi connectivity index (χ0v) is 17.9. The lowest BCUT2D eigenvalue weighted by Crippen LogP contribution is -2.33. The van der Waals surface area contributed by atoms with E-state index in [-0.39, 0.29) is 11.0 Å². The first-order chi connectivity index (χ1) is 14.5. The van der Waals surface area contributed by atoms with Crippen LogP contribution in [0.15, 0.2) is 47.1 Å². The summed E-state index contributed by atoms with van der Waals surface area (Å²) in [6, 6.07) is 9.42. The summed E-state index contributed by atoms with van der Waals surface area (Å²) >= 11 is 6.75. The van der Waals surface area contributed by atoms with Crippen LogP contribution in [0.5, 0.6) is 0 Å². The third-order valence-corrected chi connectivity index (χ3v) is 5.44. The number of anilines is 1. The number of benzene rings is 1. The Kier molecular flexibility index (Phi) is 5.68. The number of nitrogens with zero attached hydrogens (tertiary/aromatic N) is 4. The summed E-state index contributed by atoms with van der Waals surface area (Å²) in [6.07, 6.45) is 5.23. The van der Waals surface area contributed by atoms with Crippen molar-refractivity contribution in [3.63, 3.8) is 0 Å². The first kappa shape index (κ1) is 19.9. The van der Waals surface area contributed by atoms with Crippen LogP contribution in [0.2, 0.25) is 0 Å². The van der Waals surface area contributed by atoms with E-state index < -0.39 is 0 Å². The Bertz CT molecular complexity index is 1240. The molecule has 1 amide bonds. The fraction of sp³-hybridized carbons (Fsp3) is 0.150. The third-order valence-electron chi connectivity index (χ3n) is 4.28. The number of furan rings is 1. The number of carbonyl (C=O) groups excluding carboxylic acids is 1. The van der Waals surface area contributed by atoms with Crippen LogP contribution in [0.3, 0.4) is 0 Å². The van der Waals surface area contributed by atoms with Crippen LogP contribution in [0.4, 0.5) is 5.69 Å². The minimum atomic E-state index is -0.349. The van der Waals surface area contributed by atoms with Gasteiger partial charge in [-0.15, -0.1) is 10.2 Å². The molecule has 8 nitrogen and oxygen atoms in total. The maximum atomic E-state index is 12.1. The topological polar surface area (TPSA) is 97.3 Å². The fourth-order valence-corrected chi connectivity index (χ4v) is 3.80. The maximum absolute atomic E-state index is 12.1. The van der Waals surface area contributed by atoms with Crippen molar-refractivity contribution in [2.24, 2.45) is 0 Å². The zero-order chi connectivity index (χ0) is 21.1. The van der Waals surface area contributed by atoms with Gasteiger partial charge in [-0.2, -0.15) is 9.61 Å². The first-order valence-corrected chi connectivity index (χ1v) is 10.4. The van der Waals surface area contributed by atoms with E-state index in [0.29, 0.717) is 5.76 Å². The summed E-state index contributed by atoms with van der Waals surface area (Å²) in [5.41, 5.74) is 2.70. The molecular formula is C20H18N6O2S2. The minimum absolute atomic E-state index is 0.204. The number of thiocarbonyl (C=S) groups is 1. The molecule has 0 aliphatic heterocycles. The molecule has 0 aliphatic carbocycles. The van der Waals surface area contributed by atoms with E-state index in [1.165, 1.54) is 17.4 Å². The Hall–Kier alpha value is -3.37. The second-order valence-corrected chi connectivity index (χ2v) is 7.76. The van der Waals surface area contributed by atoms with Crippen LogP contribution < -0.4 is 10.6 Å². The Balaban J connectivity index is 1.48. The predicted molar refractivity (Wildman–Crippen MR) is 120 cm³/mol. The van der Waals surface area contributed by atoms with E-state index in [4.69, 9.17) is 16.6 Å². The molecule has 0 unspecified atom stereocenters. The molecule has 4 aromatic rings. The molecule has 3 heterocycles. The summed E-state index contributed by atoms with van der Waals surface area (Å²) in [4.78, 5) is 12.8. The summed E-state index contributed by atoms with van der Waals surface area (Å²) in [5, 5.41) is 19.6. The molecule has 1 aromatic carbocycles. The number of amides is 1. The number of rotatable bonds is 5. The molecule has 0 fully saturated rings. The van der Waals surface area contributed by atoms with Crippen molar-refractivity contribution in [2.75, 3.05) is 5.32 Å². The van der Waals surface area contributed by atoms with Gasteiger partial charge < -0.3 is 9.73 Å². The molecule has 30 heavy (non-hydrogen) atoms. The minimum Gasteiger partial charge on any atom is -0.465 e. The Morgan fingerprint density at radius 3 is 2.97 bits per heavy atom. The van der Waals surface area contributed by atoms with Gasteiger partial charge in [-0.25, -0.2) is 0 Å². The number of fused-ring (bicyclic) bond motifs is 1. The molecule has 0 spiro atoms. The van der Waals surface area contributed by atoms with Gasteiger partial charge in [-0.3, -0.25) is 10.1 Å². The second kappa shape index (κ2) is 8.56. The van der Waals surface area contributed by atoms with Gasteiger partial charge in [0.05, 0.1) is 6.26 Å². The van der Waals surface area contributed by atoms with Gasteiger partial charge in [0, 0.05) is 23.7 Å². The van der Waals surface area contributed by atoms with Crippen molar-refractivity contribution in [2.45, 2.75) is 20.3 Å². The highest BCUT2D eigenvalue weighted by Gasteiger charge is 2.13. The highest BCUT2D eigenvalue weighted by atomic mass is 32.1. The van der Waals surface area contributed by atoms with Crippen molar-refractivity contribution in [3.8, 4) is 10.6 Å². The van der Waals surface area contributed by atoms with Crippen molar-refractivity contribution in [1.82, 2.24) is 25.1 Å². The Morgan fingerprint density at radius 2 is 2.20 bits per heavy atom. The highest BCUT2D eigenvalue weighted by Crippen LogP contribution is 2.29. The summed E-state index contributed by atoms with van der Waals surface area (Å²) in [5.74, 6) is 1.06. The molecule has 4 rings (SSSR count). The standard InChI is InChI=1S/C20H18N6O2S2/c1-3-16-23-24-20-26(16)25-18(30-20)13-7-6-12(2)15(11-13)21-19(29)22-17(27)9-8-14-5-4-10-28-14/h4-11H,3H2,1-2H3,(H2,21,22,27,29)/b9-8+. The molecule has 0 saturated heterocycles. The van der Waals surface area contributed by atoms with Crippen LogP contribution in [0, 0.1) is 6.92 Å². The quantitative estimate of drug-likeness (QED) is 0.361. The van der Waals surface area contributed by atoms with Gasteiger partial charge in [0.2, 0.25) is 10.9 Å². The van der Waals surface area contributed by atoms with Crippen LogP contribution >= 0.6 is 23.6 Å². The average molecular weight is 439 g/mol. The van der Waals surface area contributed by atoms with Gasteiger partial charge in [-0.1, -0.05) is 30.4 Å². The van der Waals surface area contributed by atoms with Crippen LogP contribution in [0.25, 0.3) is 21.6 Å². The summed E-state index contributed by atoms with van der Waals surface area (Å²) < 4.78 is 6.92. The van der Waals surface area contributed by atoms with Gasteiger partial charge >= 0.3 is 0 Å². The highest BCUT2D eigenvalue weighted by molar-refractivity contribution is 7.80. The van der Waals surface area contributed by atoms with Crippen molar-refractivity contribution in [1.29, 1.82) is 0 Å². The maximum Gasteiger partial charge on any atom is 0.250 e. The summed E-state index contributed by atoms with van der Waals surface area (Å²) in [6.45, 7) is 3.98. The lowest BCUT2D eigenvalue weighted by Gasteiger charge is -2.12. The average Bonchev–Trinajstić information content (AvgIpc) is 3.45. The third kappa shape index (κ3) is 4.29. The van der Waals surface area contributed by atoms with Gasteiger partial charge in [0.1, 0.15) is 10.8 Å². The fourth-order valence-electron chi connectivity index (χ4n) is 2.74. The largest absolute Gasteiger partial charge is 0.465 e. The number of carbonyl (C=O) groups is 1. The van der Waals surface area contributed by atoms with E-state index in [0.717, 1.165) is 39.0 Å². The molecule has 0 radical (unpaired) electrons. The lowest BCUT2D eigenvalue weighted by molar-refractivity contribution is -0.115. The number of nitrogens with one attached hydrogen (secondary N) is 2. The van der Waals surface area contributed by atoms with E-state index in [9.17, 15) is 4.79 Å². The van der Waals surface area contributed by atoms with Crippen LogP contribution in [-0.2, 0) is 11.2 Å². The van der Waals surface area contributed by atoms with Crippen molar-refractivity contribution < 1.29 is 9.21 Å². The zero-order valence-electron chi connectivity index (χ0n) is 16.2. The van der Waals surface area contributed by atoms with Crippen LogP contribution in [0.1, 0.15) is 24.1 Å². The smallest absolute Gasteiger partial charge is 0.250 e. The molecule has 10 heteroatoms. The Morgan fingerprint density at radius 1 is 1.33 bits per heavy atom. The van der Waals surface area contributed by atoms with E-state index >= 15 is 0 Å². The van der Waals surface area contributed by atoms with Crippen molar-refractivity contribution in [3.05, 3.63) is 59.8 Å². The van der Waals surface area contributed by atoms with Gasteiger partial charge in [0.25, 0.3) is 0 Å². The van der Waals surface area contributed by atoms with Crippen molar-refractivity contribution >= 4 is 51.3 Å². The molecular weight excluding hydrogens is 420 g/mol. The predicted octanol–water partition coefficient (Wildman–Crippen LogP) is 3.84. The first-order valence-electron chi connectivity index (χ1n) is 9.19. The van der Waals surface area contributed by atoms with E-state index in [1.807, 2.05) is 32.0 Å². The number of aromatic nitrogens is 4. The monoisotopic (exact) mass is 438 g/mol. The number of aryl methyl sites for hydroxylation is 2. The number of hydrogen-bond acceptors (Lipinski definition) is 7. The molecule has 0 bridgehead atoms. The van der Waals surface area contributed by atoms with E-state index in [1.54, 1.807) is 29.0 Å². The van der Waals surface area contributed by atoms with Crippen LogP contribution in [-0.4, -0.2) is 30.8 Å². The Labute approximate surface area is 181 Å². The van der Waals surface area contributed by atoms with Gasteiger partial charge in [-0.05, 0) is 49.0 Å². The lowest BCUT2D eigenvalue weighted by atomic mass is 10.1. The molecule has 152 valence electrons. The molecule has 0 atom stereocenters. The second-order valence-electron chi connectivity index (χ2n) is 6.39. The molecule has 2 N–H and O–H groups in total. The molecule has 0 aliphatic rings. The number of hydrogen-bond donors (Lipinski definition) is 2. The summed E-state index contributed by atoms with van der Waals surface area (Å²) in [7, 11) is 0.